The molecule has 1 heterocycles. The maximum atomic E-state index is 12.6. The summed E-state index contributed by atoms with van der Waals surface area (Å²) in [5.41, 5.74) is 3.94. The van der Waals surface area contributed by atoms with Crippen LogP contribution in [0.3, 0.4) is 0 Å². The predicted molar refractivity (Wildman–Crippen MR) is 93.8 cm³/mol. The fourth-order valence-electron chi connectivity index (χ4n) is 2.72. The molecule has 124 valence electrons. The molecular formula is C19H20N2O3. The number of aryl methyl sites for hydroxylation is 2. The van der Waals surface area contributed by atoms with Crippen LogP contribution >= 0.6 is 0 Å². The Hall–Kier alpha value is -2.82. The minimum Gasteiger partial charge on any atom is -0.479 e. The Morgan fingerprint density at radius 1 is 1.17 bits per heavy atom. The van der Waals surface area contributed by atoms with Crippen LogP contribution < -0.4 is 15.0 Å². The number of ether oxygens (including phenoxy) is 1. The molecule has 3 rings (SSSR count). The number of nitrogens with zero attached hydrogens (tertiary/aromatic N) is 1. The molecule has 0 fully saturated rings. The van der Waals surface area contributed by atoms with E-state index < -0.39 is 6.10 Å². The number of likely N-dealkylation sites (N-methyl/N-ethyl adjacent to an activating group) is 1. The van der Waals surface area contributed by atoms with Crippen molar-refractivity contribution in [1.82, 2.24) is 0 Å². The third-order valence-corrected chi connectivity index (χ3v) is 4.21. The number of benzene rings is 2. The zero-order chi connectivity index (χ0) is 17.4. The SMILES string of the molecule is Cc1ccc(C)c(NC(=O)c2ccc3c(c2)N(C)C(=O)C(C)O3)c1. The van der Waals surface area contributed by atoms with Gasteiger partial charge in [0.05, 0.1) is 5.69 Å². The van der Waals surface area contributed by atoms with Crippen LogP contribution in [0.25, 0.3) is 0 Å². The molecule has 0 aliphatic carbocycles. The number of carbonyl (C=O) groups excluding carboxylic acids is 2. The lowest BCUT2D eigenvalue weighted by atomic mass is 10.1. The lowest BCUT2D eigenvalue weighted by Crippen LogP contribution is -2.42. The van der Waals surface area contributed by atoms with Gasteiger partial charge in [-0.25, -0.2) is 0 Å². The molecule has 2 aromatic carbocycles. The average molecular weight is 324 g/mol. The molecule has 1 unspecified atom stereocenters. The lowest BCUT2D eigenvalue weighted by Gasteiger charge is -2.30. The van der Waals surface area contributed by atoms with Gasteiger partial charge in [0.1, 0.15) is 5.75 Å². The first-order valence-corrected chi connectivity index (χ1v) is 7.83. The Balaban J connectivity index is 1.89. The monoisotopic (exact) mass is 324 g/mol. The van der Waals surface area contributed by atoms with E-state index in [0.29, 0.717) is 17.0 Å². The number of anilines is 2. The summed E-state index contributed by atoms with van der Waals surface area (Å²) < 4.78 is 5.58. The summed E-state index contributed by atoms with van der Waals surface area (Å²) in [5.74, 6) is 0.258. The summed E-state index contributed by atoms with van der Waals surface area (Å²) in [6, 6.07) is 11.0. The van der Waals surface area contributed by atoms with Crippen molar-refractivity contribution >= 4 is 23.2 Å². The number of amides is 2. The van der Waals surface area contributed by atoms with Gasteiger partial charge in [0.25, 0.3) is 11.8 Å². The van der Waals surface area contributed by atoms with Crippen LogP contribution in [0.1, 0.15) is 28.4 Å². The van der Waals surface area contributed by atoms with Crippen molar-refractivity contribution in [2.24, 2.45) is 0 Å². The van der Waals surface area contributed by atoms with Crippen LogP contribution in [0, 0.1) is 13.8 Å². The van der Waals surface area contributed by atoms with Crippen molar-refractivity contribution in [2.75, 3.05) is 17.3 Å². The van der Waals surface area contributed by atoms with Gasteiger partial charge in [-0.15, -0.1) is 0 Å². The summed E-state index contributed by atoms with van der Waals surface area (Å²) in [4.78, 5) is 26.1. The van der Waals surface area contributed by atoms with E-state index >= 15 is 0 Å². The highest BCUT2D eigenvalue weighted by Gasteiger charge is 2.29. The van der Waals surface area contributed by atoms with Crippen molar-refractivity contribution in [3.63, 3.8) is 0 Å². The molecule has 0 radical (unpaired) electrons. The van der Waals surface area contributed by atoms with Gasteiger partial charge in [0.15, 0.2) is 6.10 Å². The van der Waals surface area contributed by atoms with Gasteiger partial charge in [0.2, 0.25) is 0 Å². The first-order valence-electron chi connectivity index (χ1n) is 7.83. The Labute approximate surface area is 141 Å². The quantitative estimate of drug-likeness (QED) is 0.922. The summed E-state index contributed by atoms with van der Waals surface area (Å²) in [6.07, 6.45) is -0.517. The van der Waals surface area contributed by atoms with Crippen molar-refractivity contribution in [3.8, 4) is 5.75 Å². The Morgan fingerprint density at radius 3 is 2.67 bits per heavy atom. The second kappa shape index (κ2) is 6.00. The molecule has 0 spiro atoms. The van der Waals surface area contributed by atoms with Gasteiger partial charge in [-0.1, -0.05) is 12.1 Å². The van der Waals surface area contributed by atoms with Crippen LogP contribution in [-0.4, -0.2) is 25.0 Å². The molecule has 0 saturated carbocycles. The van der Waals surface area contributed by atoms with E-state index in [9.17, 15) is 9.59 Å². The van der Waals surface area contributed by atoms with Crippen molar-refractivity contribution < 1.29 is 14.3 Å². The number of hydrogen-bond acceptors (Lipinski definition) is 3. The van der Waals surface area contributed by atoms with Crippen molar-refractivity contribution in [2.45, 2.75) is 26.9 Å². The molecule has 0 aromatic heterocycles. The number of hydrogen-bond donors (Lipinski definition) is 1. The molecule has 1 N–H and O–H groups in total. The van der Waals surface area contributed by atoms with Crippen LogP contribution in [0.5, 0.6) is 5.75 Å². The van der Waals surface area contributed by atoms with Crippen LogP contribution in [0.2, 0.25) is 0 Å². The van der Waals surface area contributed by atoms with E-state index in [2.05, 4.69) is 5.32 Å². The fourth-order valence-corrected chi connectivity index (χ4v) is 2.72. The van der Waals surface area contributed by atoms with Gasteiger partial charge in [-0.2, -0.15) is 0 Å². The summed E-state index contributed by atoms with van der Waals surface area (Å²) in [5, 5.41) is 2.93. The first kappa shape index (κ1) is 16.1. The van der Waals surface area contributed by atoms with E-state index in [4.69, 9.17) is 4.74 Å². The molecule has 1 aliphatic rings. The van der Waals surface area contributed by atoms with Gasteiger partial charge < -0.3 is 15.0 Å². The van der Waals surface area contributed by atoms with Crippen LogP contribution in [0.15, 0.2) is 36.4 Å². The van der Waals surface area contributed by atoms with Gasteiger partial charge in [-0.05, 0) is 56.2 Å². The zero-order valence-corrected chi connectivity index (χ0v) is 14.2. The molecule has 0 saturated heterocycles. The molecule has 2 amide bonds. The Kier molecular flexibility index (Phi) is 4.01. The number of nitrogens with one attached hydrogen (secondary N) is 1. The summed E-state index contributed by atoms with van der Waals surface area (Å²) >= 11 is 0. The lowest BCUT2D eigenvalue weighted by molar-refractivity contribution is -0.125. The van der Waals surface area contributed by atoms with Gasteiger partial charge >= 0.3 is 0 Å². The summed E-state index contributed by atoms with van der Waals surface area (Å²) in [7, 11) is 1.69. The minimum absolute atomic E-state index is 0.130. The van der Waals surface area contributed by atoms with Crippen LogP contribution in [0.4, 0.5) is 11.4 Å². The largest absolute Gasteiger partial charge is 0.479 e. The highest BCUT2D eigenvalue weighted by molar-refractivity contribution is 6.07. The van der Waals surface area contributed by atoms with E-state index in [1.54, 1.807) is 32.2 Å². The van der Waals surface area contributed by atoms with Gasteiger partial charge in [0, 0.05) is 18.3 Å². The Bertz CT molecular complexity index is 829. The molecule has 5 nitrogen and oxygen atoms in total. The molecule has 0 bridgehead atoms. The molecule has 1 atom stereocenters. The van der Waals surface area contributed by atoms with E-state index in [0.717, 1.165) is 16.8 Å². The minimum atomic E-state index is -0.517. The van der Waals surface area contributed by atoms with Crippen LogP contribution in [-0.2, 0) is 4.79 Å². The third-order valence-electron chi connectivity index (χ3n) is 4.21. The van der Waals surface area contributed by atoms with Gasteiger partial charge in [-0.3, -0.25) is 9.59 Å². The van der Waals surface area contributed by atoms with E-state index in [-0.39, 0.29) is 11.8 Å². The third kappa shape index (κ3) is 2.85. The smallest absolute Gasteiger partial charge is 0.267 e. The normalized spacial score (nSPS) is 16.4. The summed E-state index contributed by atoms with van der Waals surface area (Å²) in [6.45, 7) is 5.64. The molecule has 24 heavy (non-hydrogen) atoms. The van der Waals surface area contributed by atoms with Crippen molar-refractivity contribution in [1.29, 1.82) is 0 Å². The number of fused-ring (bicyclic) bond motifs is 1. The molecule has 1 aliphatic heterocycles. The van der Waals surface area contributed by atoms with E-state index in [1.807, 2.05) is 32.0 Å². The standard InChI is InChI=1S/C19H20N2O3/c1-11-5-6-12(2)15(9-11)20-18(22)14-7-8-17-16(10-14)21(4)19(23)13(3)24-17/h5-10,13H,1-4H3,(H,20,22). The first-order chi connectivity index (χ1) is 11.4. The Morgan fingerprint density at radius 2 is 1.92 bits per heavy atom. The fraction of sp³-hybridized carbons (Fsp3) is 0.263. The second-order valence-electron chi connectivity index (χ2n) is 6.11. The maximum absolute atomic E-state index is 12.6. The average Bonchev–Trinajstić information content (AvgIpc) is 2.56. The highest BCUT2D eigenvalue weighted by atomic mass is 16.5. The van der Waals surface area contributed by atoms with E-state index in [1.165, 1.54) is 4.90 Å². The zero-order valence-electron chi connectivity index (χ0n) is 14.2. The number of carbonyl (C=O) groups is 2. The molecule has 2 aromatic rings. The van der Waals surface area contributed by atoms with Crippen molar-refractivity contribution in [3.05, 3.63) is 53.1 Å². The highest BCUT2D eigenvalue weighted by Crippen LogP contribution is 2.34. The topological polar surface area (TPSA) is 58.6 Å². The maximum Gasteiger partial charge on any atom is 0.267 e. The second-order valence-corrected chi connectivity index (χ2v) is 6.11. The molecule has 5 heteroatoms. The predicted octanol–water partition coefficient (Wildman–Crippen LogP) is 3.30. The number of rotatable bonds is 2. The molecular weight excluding hydrogens is 304 g/mol.